The first-order valence-electron chi connectivity index (χ1n) is 6.02. The lowest BCUT2D eigenvalue weighted by molar-refractivity contribution is -0.0268. The van der Waals surface area contributed by atoms with Crippen molar-refractivity contribution in [2.75, 3.05) is 14.2 Å². The molecule has 0 spiro atoms. The van der Waals surface area contributed by atoms with Crippen LogP contribution in [-0.2, 0) is 11.2 Å². The Labute approximate surface area is 103 Å². The maximum absolute atomic E-state index is 12.8. The number of nitrogens with one attached hydrogen (secondary N) is 1. The summed E-state index contributed by atoms with van der Waals surface area (Å²) in [6.07, 6.45) is 1.76. The molecule has 0 fully saturated rings. The van der Waals surface area contributed by atoms with Crippen molar-refractivity contribution in [2.24, 2.45) is 0 Å². The van der Waals surface area contributed by atoms with Gasteiger partial charge in [-0.1, -0.05) is 19.1 Å². The van der Waals surface area contributed by atoms with Gasteiger partial charge in [0, 0.05) is 13.2 Å². The van der Waals surface area contributed by atoms with Gasteiger partial charge in [0.15, 0.2) is 0 Å². The van der Waals surface area contributed by atoms with Crippen LogP contribution in [0.1, 0.15) is 25.8 Å². The highest BCUT2D eigenvalue weighted by Crippen LogP contribution is 2.22. The lowest BCUT2D eigenvalue weighted by atomic mass is 9.88. The van der Waals surface area contributed by atoms with Crippen molar-refractivity contribution in [3.05, 3.63) is 35.6 Å². The fraction of sp³-hybridized carbons (Fsp3) is 0.571. The Kier molecular flexibility index (Phi) is 5.09. The van der Waals surface area contributed by atoms with Gasteiger partial charge >= 0.3 is 0 Å². The minimum absolute atomic E-state index is 0.195. The molecule has 0 bridgehead atoms. The molecule has 0 aliphatic carbocycles. The quantitative estimate of drug-likeness (QED) is 0.824. The van der Waals surface area contributed by atoms with Crippen molar-refractivity contribution in [1.82, 2.24) is 5.32 Å². The molecular formula is C14H22FNO. The molecule has 1 aromatic carbocycles. The first kappa shape index (κ1) is 14.1. The molecule has 0 aliphatic rings. The summed E-state index contributed by atoms with van der Waals surface area (Å²) >= 11 is 0. The molecule has 1 N–H and O–H groups in total. The molecule has 0 heterocycles. The molecule has 2 atom stereocenters. The van der Waals surface area contributed by atoms with Crippen molar-refractivity contribution in [3.63, 3.8) is 0 Å². The summed E-state index contributed by atoms with van der Waals surface area (Å²) in [4.78, 5) is 0. The van der Waals surface area contributed by atoms with Crippen molar-refractivity contribution < 1.29 is 9.13 Å². The molecular weight excluding hydrogens is 217 g/mol. The van der Waals surface area contributed by atoms with Crippen molar-refractivity contribution in [3.8, 4) is 0 Å². The zero-order chi connectivity index (χ0) is 12.9. The molecule has 0 amide bonds. The Balaban J connectivity index is 2.79. The van der Waals surface area contributed by atoms with Gasteiger partial charge in [0.25, 0.3) is 0 Å². The molecule has 2 nitrogen and oxygen atoms in total. The molecule has 3 heteroatoms. The summed E-state index contributed by atoms with van der Waals surface area (Å²) in [5, 5.41) is 3.29. The monoisotopic (exact) mass is 239 g/mol. The van der Waals surface area contributed by atoms with E-state index in [0.717, 1.165) is 18.4 Å². The van der Waals surface area contributed by atoms with Crippen LogP contribution in [0.3, 0.4) is 0 Å². The van der Waals surface area contributed by atoms with Crippen LogP contribution in [0.4, 0.5) is 4.39 Å². The second kappa shape index (κ2) is 6.12. The second-order valence-corrected chi connectivity index (χ2v) is 4.54. The predicted molar refractivity (Wildman–Crippen MR) is 68.7 cm³/mol. The zero-order valence-electron chi connectivity index (χ0n) is 11.1. The van der Waals surface area contributed by atoms with Gasteiger partial charge in [0.1, 0.15) is 5.82 Å². The highest BCUT2D eigenvalue weighted by Gasteiger charge is 2.31. The molecule has 0 saturated heterocycles. The van der Waals surface area contributed by atoms with Crippen molar-refractivity contribution in [1.29, 1.82) is 0 Å². The number of hydrogen-bond donors (Lipinski definition) is 1. The lowest BCUT2D eigenvalue weighted by Gasteiger charge is -2.35. The minimum atomic E-state index is -0.205. The molecule has 1 rings (SSSR count). The third-order valence-electron chi connectivity index (χ3n) is 3.61. The van der Waals surface area contributed by atoms with Crippen LogP contribution in [0, 0.1) is 5.82 Å². The summed E-state index contributed by atoms with van der Waals surface area (Å²) in [7, 11) is 3.67. The van der Waals surface area contributed by atoms with E-state index in [9.17, 15) is 4.39 Å². The molecule has 2 unspecified atom stereocenters. The summed E-state index contributed by atoms with van der Waals surface area (Å²) < 4.78 is 18.4. The number of ether oxygens (including phenoxy) is 1. The van der Waals surface area contributed by atoms with E-state index >= 15 is 0 Å². The van der Waals surface area contributed by atoms with E-state index in [1.165, 1.54) is 12.1 Å². The maximum atomic E-state index is 12.8. The summed E-state index contributed by atoms with van der Waals surface area (Å²) in [6, 6.07) is 6.86. The molecule has 0 aliphatic heterocycles. The number of hydrogen-bond acceptors (Lipinski definition) is 2. The third kappa shape index (κ3) is 3.51. The van der Waals surface area contributed by atoms with Gasteiger partial charge in [-0.25, -0.2) is 4.39 Å². The Morgan fingerprint density at radius 2 is 1.94 bits per heavy atom. The van der Waals surface area contributed by atoms with Gasteiger partial charge in [-0.3, -0.25) is 0 Å². The van der Waals surface area contributed by atoms with Crippen LogP contribution in [-0.4, -0.2) is 25.8 Å². The summed E-state index contributed by atoms with van der Waals surface area (Å²) in [5.74, 6) is -0.195. The van der Waals surface area contributed by atoms with E-state index in [-0.39, 0.29) is 17.5 Å². The van der Waals surface area contributed by atoms with Gasteiger partial charge in [-0.2, -0.15) is 0 Å². The first-order valence-corrected chi connectivity index (χ1v) is 6.02. The largest absolute Gasteiger partial charge is 0.377 e. The van der Waals surface area contributed by atoms with Gasteiger partial charge in [0.2, 0.25) is 0 Å². The first-order chi connectivity index (χ1) is 8.05. The fourth-order valence-corrected chi connectivity index (χ4v) is 2.01. The smallest absolute Gasteiger partial charge is 0.123 e. The Bertz CT molecular complexity index is 333. The van der Waals surface area contributed by atoms with Crippen LogP contribution < -0.4 is 5.32 Å². The highest BCUT2D eigenvalue weighted by molar-refractivity contribution is 5.18. The van der Waals surface area contributed by atoms with Crippen LogP contribution in [0.5, 0.6) is 0 Å². The molecule has 0 saturated carbocycles. The van der Waals surface area contributed by atoms with Gasteiger partial charge in [-0.15, -0.1) is 0 Å². The average molecular weight is 239 g/mol. The van der Waals surface area contributed by atoms with Gasteiger partial charge in [0.05, 0.1) is 5.60 Å². The lowest BCUT2D eigenvalue weighted by Crippen LogP contribution is -2.49. The SMILES string of the molecule is CCC(C)(OC)C(Cc1ccc(F)cc1)NC. The number of rotatable bonds is 6. The summed E-state index contributed by atoms with van der Waals surface area (Å²) in [6.45, 7) is 4.20. The molecule has 1 aromatic rings. The predicted octanol–water partition coefficient (Wildman–Crippen LogP) is 2.77. The van der Waals surface area contributed by atoms with E-state index in [1.807, 2.05) is 19.2 Å². The maximum Gasteiger partial charge on any atom is 0.123 e. The van der Waals surface area contributed by atoms with E-state index in [2.05, 4.69) is 19.2 Å². The number of halogens is 1. The minimum Gasteiger partial charge on any atom is -0.377 e. The molecule has 0 radical (unpaired) electrons. The fourth-order valence-electron chi connectivity index (χ4n) is 2.01. The van der Waals surface area contributed by atoms with Gasteiger partial charge < -0.3 is 10.1 Å². The van der Waals surface area contributed by atoms with Crippen LogP contribution >= 0.6 is 0 Å². The standard InChI is InChI=1S/C14H22FNO/c1-5-14(2,17-4)13(16-3)10-11-6-8-12(15)9-7-11/h6-9,13,16H,5,10H2,1-4H3. The van der Waals surface area contributed by atoms with Crippen LogP contribution in [0.25, 0.3) is 0 Å². The molecule has 17 heavy (non-hydrogen) atoms. The topological polar surface area (TPSA) is 21.3 Å². The number of methoxy groups -OCH3 is 1. The van der Waals surface area contributed by atoms with Gasteiger partial charge in [-0.05, 0) is 44.5 Å². The highest BCUT2D eigenvalue weighted by atomic mass is 19.1. The van der Waals surface area contributed by atoms with Crippen LogP contribution in [0.15, 0.2) is 24.3 Å². The van der Waals surface area contributed by atoms with Crippen molar-refractivity contribution >= 4 is 0 Å². The second-order valence-electron chi connectivity index (χ2n) is 4.54. The van der Waals surface area contributed by atoms with Crippen molar-refractivity contribution in [2.45, 2.75) is 38.3 Å². The number of benzene rings is 1. The normalized spacial score (nSPS) is 16.5. The Morgan fingerprint density at radius 3 is 2.35 bits per heavy atom. The van der Waals surface area contributed by atoms with Crippen LogP contribution in [0.2, 0.25) is 0 Å². The number of likely N-dealkylation sites (N-methyl/N-ethyl adjacent to an activating group) is 1. The Hall–Kier alpha value is -0.930. The Morgan fingerprint density at radius 1 is 1.35 bits per heavy atom. The average Bonchev–Trinajstić information content (AvgIpc) is 2.37. The van der Waals surface area contributed by atoms with E-state index in [1.54, 1.807) is 7.11 Å². The van der Waals surface area contributed by atoms with E-state index in [4.69, 9.17) is 4.74 Å². The summed E-state index contributed by atoms with van der Waals surface area (Å²) in [5.41, 5.74) is 0.908. The zero-order valence-corrected chi connectivity index (χ0v) is 11.1. The molecule has 0 aromatic heterocycles. The van der Waals surface area contributed by atoms with E-state index in [0.29, 0.717) is 0 Å². The van der Waals surface area contributed by atoms with E-state index < -0.39 is 0 Å². The third-order valence-corrected chi connectivity index (χ3v) is 3.61. The molecule has 96 valence electrons.